The molecule has 2 fully saturated rings. The van der Waals surface area contributed by atoms with E-state index in [1.54, 1.807) is 0 Å². The first-order valence-corrected chi connectivity index (χ1v) is 3.03. The minimum Gasteiger partial charge on any atom is -0.459 e. The molecule has 1 aliphatic carbocycles. The smallest absolute Gasteiger partial charge is 0.306 e. The molecule has 0 unspecified atom stereocenters. The molecule has 1 aliphatic heterocycles. The quantitative estimate of drug-likeness (QED) is 0.434. The van der Waals surface area contributed by atoms with Gasteiger partial charge in [0.1, 0.15) is 5.60 Å². The van der Waals surface area contributed by atoms with Gasteiger partial charge in [-0.15, -0.1) is 0 Å². The summed E-state index contributed by atoms with van der Waals surface area (Å²) in [6, 6.07) is 0. The highest BCUT2D eigenvalue weighted by Gasteiger charge is 2.50. The molecule has 2 rings (SSSR count). The van der Waals surface area contributed by atoms with Crippen molar-refractivity contribution in [3.05, 3.63) is 0 Å². The fraction of sp³-hybridized carbons (Fsp3) is 0.833. The highest BCUT2D eigenvalue weighted by molar-refractivity contribution is 5.72. The topological polar surface area (TPSA) is 26.3 Å². The van der Waals surface area contributed by atoms with Crippen molar-refractivity contribution in [2.24, 2.45) is 0 Å². The molecule has 2 nitrogen and oxygen atoms in total. The first kappa shape index (κ1) is 4.36. The molecule has 0 amide bonds. The normalized spacial score (nSPS) is 30.8. The van der Waals surface area contributed by atoms with E-state index < -0.39 is 0 Å². The van der Waals surface area contributed by atoms with Gasteiger partial charge < -0.3 is 4.74 Å². The lowest BCUT2D eigenvalue weighted by Gasteiger charge is -2.00. The van der Waals surface area contributed by atoms with Gasteiger partial charge in [-0.1, -0.05) is 0 Å². The molecule has 44 valence electrons. The summed E-state index contributed by atoms with van der Waals surface area (Å²) in [6.45, 7) is 0. The molecule has 2 heteroatoms. The zero-order valence-corrected chi connectivity index (χ0v) is 4.64. The fourth-order valence-corrected chi connectivity index (χ4v) is 1.16. The fourth-order valence-electron chi connectivity index (χ4n) is 1.16. The van der Waals surface area contributed by atoms with Crippen LogP contribution in [0.3, 0.4) is 0 Å². The second kappa shape index (κ2) is 1.07. The first-order chi connectivity index (χ1) is 3.81. The van der Waals surface area contributed by atoms with Gasteiger partial charge in [-0.05, 0) is 19.3 Å². The summed E-state index contributed by atoms with van der Waals surface area (Å²) in [5.74, 6) is 0.00231. The van der Waals surface area contributed by atoms with Crippen LogP contribution in [0.2, 0.25) is 0 Å². The molecule has 0 radical (unpaired) electrons. The zero-order chi connectivity index (χ0) is 5.61. The van der Waals surface area contributed by atoms with Crippen molar-refractivity contribution >= 4 is 5.97 Å². The largest absolute Gasteiger partial charge is 0.459 e. The van der Waals surface area contributed by atoms with Crippen molar-refractivity contribution < 1.29 is 9.53 Å². The van der Waals surface area contributed by atoms with E-state index >= 15 is 0 Å². The Balaban J connectivity index is 2.13. The van der Waals surface area contributed by atoms with Gasteiger partial charge in [0.05, 0.1) is 0 Å². The summed E-state index contributed by atoms with van der Waals surface area (Å²) >= 11 is 0. The Morgan fingerprint density at radius 2 is 2.12 bits per heavy atom. The summed E-state index contributed by atoms with van der Waals surface area (Å²) in [5, 5.41) is 0. The average molecular weight is 112 g/mol. The van der Waals surface area contributed by atoms with E-state index in [9.17, 15) is 4.79 Å². The molecule has 0 N–H and O–H groups in total. The molecule has 0 aromatic rings. The Bertz CT molecular complexity index is 135. The van der Waals surface area contributed by atoms with Crippen LogP contribution in [-0.4, -0.2) is 11.6 Å². The van der Waals surface area contributed by atoms with Gasteiger partial charge in [0, 0.05) is 6.42 Å². The Morgan fingerprint density at radius 1 is 1.38 bits per heavy atom. The lowest BCUT2D eigenvalue weighted by molar-refractivity contribution is -0.142. The van der Waals surface area contributed by atoms with Crippen LogP contribution in [0, 0.1) is 0 Å². The third-order valence-corrected chi connectivity index (χ3v) is 1.92. The van der Waals surface area contributed by atoms with E-state index in [0.717, 1.165) is 19.3 Å². The molecular weight excluding hydrogens is 104 g/mol. The number of carbonyl (C=O) groups is 1. The van der Waals surface area contributed by atoms with Crippen molar-refractivity contribution in [3.8, 4) is 0 Å². The number of esters is 1. The molecule has 0 aromatic carbocycles. The average Bonchev–Trinajstić information content (AvgIpc) is 2.34. The third-order valence-electron chi connectivity index (χ3n) is 1.92. The number of hydrogen-bond donors (Lipinski definition) is 0. The molecular formula is C6H8O2. The maximum absolute atomic E-state index is 10.5. The maximum atomic E-state index is 10.5. The molecule has 1 saturated carbocycles. The van der Waals surface area contributed by atoms with Crippen molar-refractivity contribution in [1.29, 1.82) is 0 Å². The standard InChI is InChI=1S/C6H8O2/c7-5-1-2-6(8-5)3-4-6/h1-4H2. The first-order valence-electron chi connectivity index (χ1n) is 3.03. The van der Waals surface area contributed by atoms with E-state index in [1.165, 1.54) is 0 Å². The number of ether oxygens (including phenoxy) is 1. The van der Waals surface area contributed by atoms with Crippen LogP contribution in [-0.2, 0) is 9.53 Å². The van der Waals surface area contributed by atoms with Crippen molar-refractivity contribution in [1.82, 2.24) is 0 Å². The minimum absolute atomic E-state index is 0.00231. The summed E-state index contributed by atoms with van der Waals surface area (Å²) in [4.78, 5) is 10.5. The monoisotopic (exact) mass is 112 g/mol. The second-order valence-corrected chi connectivity index (χ2v) is 2.66. The van der Waals surface area contributed by atoms with Gasteiger partial charge in [-0.25, -0.2) is 0 Å². The highest BCUT2D eigenvalue weighted by atomic mass is 16.6. The van der Waals surface area contributed by atoms with Crippen molar-refractivity contribution in [2.75, 3.05) is 0 Å². The van der Waals surface area contributed by atoms with Crippen LogP contribution in [0.25, 0.3) is 0 Å². The van der Waals surface area contributed by atoms with Crippen LogP contribution in [0.5, 0.6) is 0 Å². The predicted molar refractivity (Wildman–Crippen MR) is 27.3 cm³/mol. The van der Waals surface area contributed by atoms with E-state index in [-0.39, 0.29) is 11.6 Å². The molecule has 1 saturated heterocycles. The molecule has 2 aliphatic rings. The van der Waals surface area contributed by atoms with Gasteiger partial charge in [-0.2, -0.15) is 0 Å². The Hall–Kier alpha value is -0.530. The minimum atomic E-state index is 0.00231. The third kappa shape index (κ3) is 0.457. The molecule has 0 aromatic heterocycles. The van der Waals surface area contributed by atoms with Crippen LogP contribution < -0.4 is 0 Å². The molecule has 1 heterocycles. The van der Waals surface area contributed by atoms with Crippen molar-refractivity contribution in [3.63, 3.8) is 0 Å². The summed E-state index contributed by atoms with van der Waals surface area (Å²) in [7, 11) is 0. The summed E-state index contributed by atoms with van der Waals surface area (Å²) in [5.41, 5.74) is 0.0666. The van der Waals surface area contributed by atoms with E-state index in [2.05, 4.69) is 0 Å². The number of carbonyl (C=O) groups excluding carboxylic acids is 1. The second-order valence-electron chi connectivity index (χ2n) is 2.66. The molecule has 8 heavy (non-hydrogen) atoms. The van der Waals surface area contributed by atoms with Gasteiger partial charge in [0.25, 0.3) is 0 Å². The zero-order valence-electron chi connectivity index (χ0n) is 4.64. The Labute approximate surface area is 47.8 Å². The van der Waals surface area contributed by atoms with Crippen LogP contribution in [0.15, 0.2) is 0 Å². The Kier molecular flexibility index (Phi) is 0.581. The molecule has 0 bridgehead atoms. The molecule has 0 atom stereocenters. The van der Waals surface area contributed by atoms with Crippen molar-refractivity contribution in [2.45, 2.75) is 31.3 Å². The van der Waals surface area contributed by atoms with E-state index in [4.69, 9.17) is 4.74 Å². The van der Waals surface area contributed by atoms with Crippen LogP contribution in [0.1, 0.15) is 25.7 Å². The van der Waals surface area contributed by atoms with Gasteiger partial charge in [0.2, 0.25) is 0 Å². The van der Waals surface area contributed by atoms with Gasteiger partial charge in [0.15, 0.2) is 0 Å². The summed E-state index contributed by atoms with van der Waals surface area (Å²) in [6.07, 6.45) is 3.85. The summed E-state index contributed by atoms with van der Waals surface area (Å²) < 4.78 is 5.02. The lowest BCUT2D eigenvalue weighted by Crippen LogP contribution is -2.05. The van der Waals surface area contributed by atoms with E-state index in [1.807, 2.05) is 0 Å². The SMILES string of the molecule is O=C1CCC2(CC2)O1. The number of rotatable bonds is 0. The Morgan fingerprint density at radius 3 is 2.38 bits per heavy atom. The maximum Gasteiger partial charge on any atom is 0.306 e. The van der Waals surface area contributed by atoms with Gasteiger partial charge >= 0.3 is 5.97 Å². The van der Waals surface area contributed by atoms with Gasteiger partial charge in [-0.3, -0.25) is 4.79 Å². The lowest BCUT2D eigenvalue weighted by atomic mass is 10.2. The predicted octanol–water partition coefficient (Wildman–Crippen LogP) is 0.856. The van der Waals surface area contributed by atoms with E-state index in [0.29, 0.717) is 6.42 Å². The molecule has 1 spiro atoms. The number of hydrogen-bond acceptors (Lipinski definition) is 2. The highest BCUT2D eigenvalue weighted by Crippen LogP contribution is 2.47. The van der Waals surface area contributed by atoms with Crippen LogP contribution in [0.4, 0.5) is 0 Å². The van der Waals surface area contributed by atoms with Crippen LogP contribution >= 0.6 is 0 Å².